The first-order chi connectivity index (χ1) is 14.9. The third-order valence-corrected chi connectivity index (χ3v) is 6.28. The van der Waals surface area contributed by atoms with Crippen LogP contribution in [-0.2, 0) is 4.74 Å². The molecule has 1 fully saturated rings. The number of nitrogens with one attached hydrogen (secondary N) is 1. The van der Waals surface area contributed by atoms with Crippen molar-refractivity contribution in [1.29, 1.82) is 0 Å². The second-order valence-electron chi connectivity index (χ2n) is 7.39. The Kier molecular flexibility index (Phi) is 6.17. The van der Waals surface area contributed by atoms with E-state index in [1.54, 1.807) is 19.1 Å². The number of aliphatic hydroxyl groups excluding tert-OH is 1. The van der Waals surface area contributed by atoms with Crippen LogP contribution in [0.25, 0.3) is 10.4 Å². The fourth-order valence-electron chi connectivity index (χ4n) is 3.52. The molecule has 0 saturated carbocycles. The van der Waals surface area contributed by atoms with Gasteiger partial charge < -0.3 is 25.8 Å². The first-order valence-corrected chi connectivity index (χ1v) is 10.9. The van der Waals surface area contributed by atoms with Crippen LogP contribution in [0.4, 0.5) is 16.6 Å². The zero-order valence-electron chi connectivity index (χ0n) is 17.5. The maximum atomic E-state index is 12.0. The molecule has 8 nitrogen and oxygen atoms in total. The first kappa shape index (κ1) is 21.2. The zero-order valence-corrected chi connectivity index (χ0v) is 18.3. The van der Waals surface area contributed by atoms with E-state index in [2.05, 4.69) is 20.2 Å². The van der Waals surface area contributed by atoms with Gasteiger partial charge in [-0.1, -0.05) is 6.07 Å². The van der Waals surface area contributed by atoms with Crippen LogP contribution in [0.3, 0.4) is 0 Å². The minimum absolute atomic E-state index is 0.399. The van der Waals surface area contributed by atoms with Crippen molar-refractivity contribution in [2.75, 3.05) is 36.5 Å². The quantitative estimate of drug-likeness (QED) is 0.540. The van der Waals surface area contributed by atoms with Gasteiger partial charge in [0.15, 0.2) is 0 Å². The number of ether oxygens (including phenoxy) is 1. The number of pyridine rings is 2. The van der Waals surface area contributed by atoms with Crippen LogP contribution < -0.4 is 16.0 Å². The Hall–Kier alpha value is -3.01. The second-order valence-corrected chi connectivity index (χ2v) is 8.45. The highest BCUT2D eigenvalue weighted by Crippen LogP contribution is 2.37. The molecule has 0 aliphatic carbocycles. The van der Waals surface area contributed by atoms with Crippen molar-refractivity contribution >= 4 is 33.9 Å². The number of hydrogen-bond acceptors (Lipinski definition) is 8. The fourth-order valence-corrected chi connectivity index (χ4v) is 4.58. The smallest absolute Gasteiger partial charge is 0.251 e. The number of nitrogens with zero attached hydrogens (tertiary/aromatic N) is 3. The lowest BCUT2D eigenvalue weighted by Gasteiger charge is -2.27. The van der Waals surface area contributed by atoms with Crippen molar-refractivity contribution in [3.8, 4) is 10.4 Å². The van der Waals surface area contributed by atoms with Crippen LogP contribution in [0.1, 0.15) is 34.6 Å². The van der Waals surface area contributed by atoms with Crippen molar-refractivity contribution in [3.63, 3.8) is 0 Å². The lowest BCUT2D eigenvalue weighted by molar-refractivity contribution is 0.100. The van der Waals surface area contributed by atoms with Crippen LogP contribution in [0.15, 0.2) is 36.5 Å². The fraction of sp³-hybridized carbons (Fsp3) is 0.318. The van der Waals surface area contributed by atoms with Crippen LogP contribution in [0.2, 0.25) is 0 Å². The Balaban J connectivity index is 1.59. The van der Waals surface area contributed by atoms with Crippen LogP contribution in [0, 0.1) is 6.92 Å². The molecule has 4 rings (SSSR count). The second kappa shape index (κ2) is 9.01. The van der Waals surface area contributed by atoms with E-state index < -0.39 is 12.0 Å². The number of carbonyl (C=O) groups excluding carboxylic acids is 1. The molecule has 0 radical (unpaired) electrons. The van der Waals surface area contributed by atoms with Gasteiger partial charge in [0.1, 0.15) is 16.6 Å². The first-order valence-electron chi connectivity index (χ1n) is 10.1. The summed E-state index contributed by atoms with van der Waals surface area (Å²) in [6, 6.07) is 9.35. The average molecular weight is 440 g/mol. The molecule has 4 heterocycles. The van der Waals surface area contributed by atoms with E-state index in [4.69, 9.17) is 10.5 Å². The van der Waals surface area contributed by atoms with Gasteiger partial charge in [-0.2, -0.15) is 0 Å². The van der Waals surface area contributed by atoms with Gasteiger partial charge >= 0.3 is 0 Å². The molecule has 0 aromatic carbocycles. The maximum Gasteiger partial charge on any atom is 0.251 e. The summed E-state index contributed by atoms with van der Waals surface area (Å²) in [4.78, 5) is 24.2. The summed E-state index contributed by atoms with van der Waals surface area (Å²) >= 11 is 1.42. The van der Waals surface area contributed by atoms with E-state index in [1.807, 2.05) is 31.3 Å². The molecule has 3 aromatic heterocycles. The SMILES string of the molecule is Cc1nc(Nc2sc(-c3ccc(N4CCOCC4)nc3)cc2C(N)=O)ccc1C(C)O. The van der Waals surface area contributed by atoms with Gasteiger partial charge in [-0.3, -0.25) is 4.79 Å². The van der Waals surface area contributed by atoms with Gasteiger partial charge in [-0.25, -0.2) is 9.97 Å². The van der Waals surface area contributed by atoms with Crippen LogP contribution in [-0.4, -0.2) is 47.3 Å². The summed E-state index contributed by atoms with van der Waals surface area (Å²) in [7, 11) is 0. The highest BCUT2D eigenvalue weighted by Gasteiger charge is 2.17. The van der Waals surface area contributed by atoms with Crippen molar-refractivity contribution in [3.05, 3.63) is 53.3 Å². The Morgan fingerprint density at radius 3 is 2.68 bits per heavy atom. The minimum Gasteiger partial charge on any atom is -0.389 e. The normalized spacial score (nSPS) is 15.0. The molecule has 1 aliphatic heterocycles. The summed E-state index contributed by atoms with van der Waals surface area (Å²) in [5.41, 5.74) is 8.41. The molecule has 162 valence electrons. The highest BCUT2D eigenvalue weighted by molar-refractivity contribution is 7.19. The molecular formula is C22H25N5O3S. The number of aryl methyl sites for hydroxylation is 1. The summed E-state index contributed by atoms with van der Waals surface area (Å²) in [5, 5.41) is 13.6. The average Bonchev–Trinajstić information content (AvgIpc) is 3.18. The number of morpholine rings is 1. The van der Waals surface area contributed by atoms with E-state index in [-0.39, 0.29) is 0 Å². The predicted octanol–water partition coefficient (Wildman–Crippen LogP) is 3.25. The number of nitrogens with two attached hydrogens (primary N) is 1. The predicted molar refractivity (Wildman–Crippen MR) is 122 cm³/mol. The summed E-state index contributed by atoms with van der Waals surface area (Å²) in [6.07, 6.45) is 1.22. The molecule has 9 heteroatoms. The Bertz CT molecular complexity index is 1080. The van der Waals surface area contributed by atoms with E-state index in [1.165, 1.54) is 11.3 Å². The molecule has 1 saturated heterocycles. The molecule has 31 heavy (non-hydrogen) atoms. The Morgan fingerprint density at radius 2 is 2.06 bits per heavy atom. The van der Waals surface area contributed by atoms with Gasteiger partial charge in [0.2, 0.25) is 0 Å². The third kappa shape index (κ3) is 4.68. The van der Waals surface area contributed by atoms with Gasteiger partial charge in [0.25, 0.3) is 5.91 Å². The number of anilines is 3. The van der Waals surface area contributed by atoms with E-state index in [0.717, 1.165) is 40.6 Å². The lowest BCUT2D eigenvalue weighted by atomic mass is 10.1. The number of rotatable bonds is 6. The summed E-state index contributed by atoms with van der Waals surface area (Å²) in [6.45, 7) is 6.60. The minimum atomic E-state index is -0.594. The van der Waals surface area contributed by atoms with E-state index >= 15 is 0 Å². The number of hydrogen-bond donors (Lipinski definition) is 3. The number of primary amides is 1. The zero-order chi connectivity index (χ0) is 22.0. The molecule has 0 bridgehead atoms. The van der Waals surface area contributed by atoms with Crippen molar-refractivity contribution in [2.24, 2.45) is 5.73 Å². The maximum absolute atomic E-state index is 12.0. The number of thiophene rings is 1. The largest absolute Gasteiger partial charge is 0.389 e. The Morgan fingerprint density at radius 1 is 1.29 bits per heavy atom. The van der Waals surface area contributed by atoms with Crippen LogP contribution >= 0.6 is 11.3 Å². The van der Waals surface area contributed by atoms with E-state index in [0.29, 0.717) is 29.6 Å². The summed E-state index contributed by atoms with van der Waals surface area (Å²) < 4.78 is 5.39. The molecule has 1 amide bonds. The van der Waals surface area contributed by atoms with Gasteiger partial charge in [0.05, 0.1) is 24.9 Å². The molecule has 1 atom stereocenters. The molecule has 4 N–H and O–H groups in total. The van der Waals surface area contributed by atoms with E-state index in [9.17, 15) is 9.90 Å². The third-order valence-electron chi connectivity index (χ3n) is 5.18. The molecular weight excluding hydrogens is 414 g/mol. The summed E-state index contributed by atoms with van der Waals surface area (Å²) in [5.74, 6) is 0.980. The number of carbonyl (C=O) groups is 1. The van der Waals surface area contributed by atoms with Crippen molar-refractivity contribution in [2.45, 2.75) is 20.0 Å². The van der Waals surface area contributed by atoms with Crippen molar-refractivity contribution in [1.82, 2.24) is 9.97 Å². The molecule has 1 aliphatic rings. The number of aromatic nitrogens is 2. The standard InChI is InChI=1S/C22H25N5O3S/c1-13-16(14(2)28)4-5-19(25-13)26-22-17(21(23)29)11-18(31-22)15-3-6-20(24-12-15)27-7-9-30-10-8-27/h3-6,11-12,14,28H,7-10H2,1-2H3,(H2,23,29)(H,25,26). The molecule has 1 unspecified atom stereocenters. The topological polar surface area (TPSA) is 114 Å². The molecule has 0 spiro atoms. The number of amides is 1. The highest BCUT2D eigenvalue weighted by atomic mass is 32.1. The monoisotopic (exact) mass is 439 g/mol. The van der Waals surface area contributed by atoms with Gasteiger partial charge in [0, 0.05) is 41.0 Å². The van der Waals surface area contributed by atoms with Gasteiger partial charge in [-0.15, -0.1) is 11.3 Å². The van der Waals surface area contributed by atoms with Gasteiger partial charge in [-0.05, 0) is 38.1 Å². The van der Waals surface area contributed by atoms with Crippen LogP contribution in [0.5, 0.6) is 0 Å². The molecule has 3 aromatic rings. The number of aliphatic hydroxyl groups is 1. The lowest BCUT2D eigenvalue weighted by Crippen LogP contribution is -2.36. The van der Waals surface area contributed by atoms with Crippen molar-refractivity contribution < 1.29 is 14.6 Å². The Labute approximate surface area is 184 Å².